The van der Waals surface area contributed by atoms with E-state index in [-0.39, 0.29) is 23.8 Å². The number of nitrogens with one attached hydrogen (secondary N) is 1. The topological polar surface area (TPSA) is 75.2 Å². The zero-order valence-corrected chi connectivity index (χ0v) is 13.6. The number of carbonyl (C=O) groups is 2. The van der Waals surface area contributed by atoms with Gasteiger partial charge in [0.05, 0.1) is 5.69 Å². The van der Waals surface area contributed by atoms with Crippen LogP contribution in [0.5, 0.6) is 0 Å². The number of rotatable bonds is 4. The second kappa shape index (κ2) is 6.98. The second-order valence-corrected chi connectivity index (χ2v) is 6.39. The maximum absolute atomic E-state index is 12.4. The minimum absolute atomic E-state index is 0.0000384. The summed E-state index contributed by atoms with van der Waals surface area (Å²) in [5.41, 5.74) is 0.778. The summed E-state index contributed by atoms with van der Waals surface area (Å²) >= 11 is 1.17. The summed E-state index contributed by atoms with van der Waals surface area (Å²) in [6.45, 7) is 7.08. The van der Waals surface area contributed by atoms with Crippen molar-refractivity contribution in [3.63, 3.8) is 0 Å². The van der Waals surface area contributed by atoms with Gasteiger partial charge in [0.2, 0.25) is 5.91 Å². The van der Waals surface area contributed by atoms with Crippen molar-refractivity contribution >= 4 is 23.3 Å². The van der Waals surface area contributed by atoms with E-state index in [1.807, 2.05) is 25.7 Å². The van der Waals surface area contributed by atoms with Gasteiger partial charge in [0.1, 0.15) is 4.88 Å². The fourth-order valence-corrected chi connectivity index (χ4v) is 3.06. The molecule has 2 rings (SSSR count). The van der Waals surface area contributed by atoms with Crippen LogP contribution in [0.3, 0.4) is 0 Å². The van der Waals surface area contributed by atoms with Gasteiger partial charge in [-0.1, -0.05) is 25.3 Å². The molecule has 0 bridgehead atoms. The highest BCUT2D eigenvalue weighted by molar-refractivity contribution is 7.08. The molecule has 2 amide bonds. The summed E-state index contributed by atoms with van der Waals surface area (Å²) in [5.74, 6) is 0.107. The number of hydrogen-bond donors (Lipinski definition) is 1. The zero-order valence-electron chi connectivity index (χ0n) is 12.8. The molecule has 1 saturated heterocycles. The average Bonchev–Trinajstić information content (AvgIpc) is 2.95. The number of aryl methyl sites for hydroxylation is 1. The average molecular weight is 310 g/mol. The summed E-state index contributed by atoms with van der Waals surface area (Å²) in [4.78, 5) is 26.6. The summed E-state index contributed by atoms with van der Waals surface area (Å²) in [5, 5.41) is 7.02. The Labute approximate surface area is 129 Å². The van der Waals surface area contributed by atoms with Gasteiger partial charge in [-0.25, -0.2) is 0 Å². The first-order valence-corrected chi connectivity index (χ1v) is 8.21. The molecule has 0 aliphatic carbocycles. The van der Waals surface area contributed by atoms with Crippen molar-refractivity contribution in [1.82, 2.24) is 19.8 Å². The Hall–Kier alpha value is -1.50. The third-order valence-corrected chi connectivity index (χ3v) is 4.49. The molecular weight excluding hydrogens is 288 g/mol. The van der Waals surface area contributed by atoms with Crippen LogP contribution in [0.15, 0.2) is 0 Å². The molecule has 1 fully saturated rings. The van der Waals surface area contributed by atoms with Gasteiger partial charge in [-0.3, -0.25) is 9.59 Å². The molecule has 1 aromatic rings. The van der Waals surface area contributed by atoms with Crippen molar-refractivity contribution in [2.45, 2.75) is 46.1 Å². The molecule has 2 heterocycles. The van der Waals surface area contributed by atoms with E-state index in [4.69, 9.17) is 0 Å². The normalized spacial score (nSPS) is 16.3. The van der Waals surface area contributed by atoms with Gasteiger partial charge in [-0.2, -0.15) is 0 Å². The van der Waals surface area contributed by atoms with Crippen LogP contribution in [-0.2, 0) is 11.2 Å². The largest absolute Gasteiger partial charge is 0.353 e. The van der Waals surface area contributed by atoms with Crippen molar-refractivity contribution < 1.29 is 9.59 Å². The lowest BCUT2D eigenvalue weighted by Gasteiger charge is -2.32. The Morgan fingerprint density at radius 2 is 2.05 bits per heavy atom. The van der Waals surface area contributed by atoms with E-state index in [9.17, 15) is 9.59 Å². The number of carbonyl (C=O) groups excluding carboxylic acids is 2. The Morgan fingerprint density at radius 1 is 1.38 bits per heavy atom. The van der Waals surface area contributed by atoms with E-state index >= 15 is 0 Å². The van der Waals surface area contributed by atoms with Crippen LogP contribution in [0.4, 0.5) is 0 Å². The molecule has 0 radical (unpaired) electrons. The Bertz CT molecular complexity index is 507. The van der Waals surface area contributed by atoms with Crippen LogP contribution in [-0.4, -0.2) is 45.4 Å². The van der Waals surface area contributed by atoms with Crippen LogP contribution >= 0.6 is 11.5 Å². The smallest absolute Gasteiger partial charge is 0.267 e. The van der Waals surface area contributed by atoms with Gasteiger partial charge in [0, 0.05) is 25.0 Å². The van der Waals surface area contributed by atoms with Gasteiger partial charge < -0.3 is 10.2 Å². The van der Waals surface area contributed by atoms with Crippen molar-refractivity contribution in [2.75, 3.05) is 13.1 Å². The molecule has 1 aliphatic rings. The quantitative estimate of drug-likeness (QED) is 0.914. The summed E-state index contributed by atoms with van der Waals surface area (Å²) in [7, 11) is 0. The van der Waals surface area contributed by atoms with E-state index in [2.05, 4.69) is 14.9 Å². The Balaban J connectivity index is 1.89. The maximum Gasteiger partial charge on any atom is 0.267 e. The van der Waals surface area contributed by atoms with Crippen LogP contribution in [0.25, 0.3) is 0 Å². The molecule has 1 aromatic heterocycles. The minimum atomic E-state index is 0.0000384. The number of hydrogen-bond acceptors (Lipinski definition) is 5. The van der Waals surface area contributed by atoms with Crippen molar-refractivity contribution in [3.8, 4) is 0 Å². The lowest BCUT2D eigenvalue weighted by molar-refractivity contribution is -0.124. The lowest BCUT2D eigenvalue weighted by atomic mass is 10.0. The molecule has 6 nitrogen and oxygen atoms in total. The zero-order chi connectivity index (χ0) is 15.4. The molecule has 1 N–H and O–H groups in total. The summed E-state index contributed by atoms with van der Waals surface area (Å²) < 4.78 is 3.87. The van der Waals surface area contributed by atoms with E-state index in [1.54, 1.807) is 0 Å². The standard InChI is InChI=1S/C14H22N4O2S/c1-4-11-12(21-17-16-11)14(20)18-7-5-10(6-8-18)15-13(19)9(2)3/h9-10H,4-8H2,1-3H3,(H,15,19). The number of nitrogens with zero attached hydrogens (tertiary/aromatic N) is 3. The second-order valence-electron chi connectivity index (χ2n) is 5.63. The van der Waals surface area contributed by atoms with E-state index in [0.29, 0.717) is 18.0 Å². The molecule has 21 heavy (non-hydrogen) atoms. The van der Waals surface area contributed by atoms with Gasteiger partial charge in [0.25, 0.3) is 5.91 Å². The van der Waals surface area contributed by atoms with Crippen LogP contribution in [0.1, 0.15) is 49.0 Å². The molecular formula is C14H22N4O2S. The number of piperidine rings is 1. The first kappa shape index (κ1) is 15.9. The molecule has 0 atom stereocenters. The van der Waals surface area contributed by atoms with Crippen molar-refractivity contribution in [2.24, 2.45) is 5.92 Å². The number of aromatic nitrogens is 2. The van der Waals surface area contributed by atoms with Gasteiger partial charge in [-0.15, -0.1) is 5.10 Å². The van der Waals surface area contributed by atoms with E-state index in [0.717, 1.165) is 25.0 Å². The Morgan fingerprint density at radius 3 is 2.62 bits per heavy atom. The summed E-state index contributed by atoms with van der Waals surface area (Å²) in [6.07, 6.45) is 2.33. The predicted octanol–water partition coefficient (Wildman–Crippen LogP) is 1.48. The molecule has 1 aliphatic heterocycles. The third-order valence-electron chi connectivity index (χ3n) is 3.74. The van der Waals surface area contributed by atoms with Crippen molar-refractivity contribution in [3.05, 3.63) is 10.6 Å². The number of amides is 2. The molecule has 0 unspecified atom stereocenters. The van der Waals surface area contributed by atoms with Crippen LogP contribution < -0.4 is 5.32 Å². The minimum Gasteiger partial charge on any atom is -0.353 e. The SMILES string of the molecule is CCc1nnsc1C(=O)N1CCC(NC(=O)C(C)C)CC1. The third kappa shape index (κ3) is 3.78. The number of likely N-dealkylation sites (tertiary alicyclic amines) is 1. The molecule has 0 spiro atoms. The highest BCUT2D eigenvalue weighted by atomic mass is 32.1. The first-order valence-electron chi connectivity index (χ1n) is 7.43. The molecule has 0 aromatic carbocycles. The fraction of sp³-hybridized carbons (Fsp3) is 0.714. The van der Waals surface area contributed by atoms with Gasteiger partial charge >= 0.3 is 0 Å². The molecule has 116 valence electrons. The highest BCUT2D eigenvalue weighted by Crippen LogP contribution is 2.18. The molecule has 7 heteroatoms. The highest BCUT2D eigenvalue weighted by Gasteiger charge is 2.27. The summed E-state index contributed by atoms with van der Waals surface area (Å²) in [6, 6.07) is 0.175. The van der Waals surface area contributed by atoms with Crippen LogP contribution in [0.2, 0.25) is 0 Å². The fourth-order valence-electron chi connectivity index (χ4n) is 2.34. The van der Waals surface area contributed by atoms with Gasteiger partial charge in [0.15, 0.2) is 0 Å². The van der Waals surface area contributed by atoms with Gasteiger partial charge in [-0.05, 0) is 30.8 Å². The van der Waals surface area contributed by atoms with E-state index in [1.165, 1.54) is 11.5 Å². The maximum atomic E-state index is 12.4. The van der Waals surface area contributed by atoms with Crippen LogP contribution in [0, 0.1) is 5.92 Å². The van der Waals surface area contributed by atoms with Crippen molar-refractivity contribution in [1.29, 1.82) is 0 Å². The lowest BCUT2D eigenvalue weighted by Crippen LogP contribution is -2.47. The van der Waals surface area contributed by atoms with E-state index < -0.39 is 0 Å². The predicted molar refractivity (Wildman–Crippen MR) is 81.2 cm³/mol. The first-order chi connectivity index (χ1) is 10.0. The Kier molecular flexibility index (Phi) is 5.27. The molecule has 0 saturated carbocycles. The monoisotopic (exact) mass is 310 g/mol.